The number of hydrogen-bond donors (Lipinski definition) is 1. The molecule has 0 saturated heterocycles. The van der Waals surface area contributed by atoms with E-state index in [4.69, 9.17) is 9.47 Å². The van der Waals surface area contributed by atoms with Gasteiger partial charge in [-0.1, -0.05) is 30.3 Å². The predicted octanol–water partition coefficient (Wildman–Crippen LogP) is 2.72. The Hall–Kier alpha value is -2.08. The largest absolute Gasteiger partial charge is 0.461 e. The van der Waals surface area contributed by atoms with E-state index in [0.717, 1.165) is 5.56 Å². The average molecular weight is 351 g/mol. The molecule has 6 nitrogen and oxygen atoms in total. The van der Waals surface area contributed by atoms with Crippen LogP contribution in [0.3, 0.4) is 0 Å². The fourth-order valence-electron chi connectivity index (χ4n) is 2.29. The second-order valence-corrected chi connectivity index (χ2v) is 8.17. The fraction of sp³-hybridized carbons (Fsp3) is 0.579. The Labute approximate surface area is 150 Å². The molecule has 0 aliphatic carbocycles. The topological polar surface area (TPSA) is 64.6 Å². The maximum absolute atomic E-state index is 12.2. The Morgan fingerprint density at radius 3 is 2.24 bits per heavy atom. The minimum atomic E-state index is -0.584. The van der Waals surface area contributed by atoms with Gasteiger partial charge >= 0.3 is 12.1 Å². The van der Waals surface area contributed by atoms with Gasteiger partial charge in [0.25, 0.3) is 0 Å². The van der Waals surface area contributed by atoms with Crippen molar-refractivity contribution in [2.75, 3.05) is 27.7 Å². The number of quaternary nitrogens is 1. The van der Waals surface area contributed by atoms with Crippen LogP contribution in [-0.2, 0) is 20.9 Å². The molecule has 1 amide bonds. The first kappa shape index (κ1) is 21.0. The van der Waals surface area contributed by atoms with E-state index in [2.05, 4.69) is 5.32 Å². The van der Waals surface area contributed by atoms with Gasteiger partial charge in [0, 0.05) is 0 Å². The number of carbonyl (C=O) groups is 2. The number of likely N-dealkylation sites (N-methyl/N-ethyl adjacent to an activating group) is 1. The second-order valence-electron chi connectivity index (χ2n) is 8.17. The zero-order valence-corrected chi connectivity index (χ0v) is 16.2. The van der Waals surface area contributed by atoms with Crippen molar-refractivity contribution in [2.24, 2.45) is 0 Å². The predicted molar refractivity (Wildman–Crippen MR) is 96.9 cm³/mol. The minimum absolute atomic E-state index is 0.0988. The highest BCUT2D eigenvalue weighted by molar-refractivity contribution is 5.73. The summed E-state index contributed by atoms with van der Waals surface area (Å²) in [5.74, 6) is -0.349. The molecule has 25 heavy (non-hydrogen) atoms. The average Bonchev–Trinajstić information content (AvgIpc) is 2.42. The van der Waals surface area contributed by atoms with Crippen molar-refractivity contribution in [2.45, 2.75) is 45.4 Å². The van der Waals surface area contributed by atoms with Crippen LogP contribution in [0.5, 0.6) is 0 Å². The number of carbonyl (C=O) groups excluding carboxylic acids is 2. The molecule has 0 aromatic heterocycles. The smallest absolute Gasteiger partial charge is 0.408 e. The molecule has 1 aromatic rings. The van der Waals surface area contributed by atoms with E-state index < -0.39 is 11.7 Å². The quantitative estimate of drug-likeness (QED) is 0.606. The maximum atomic E-state index is 12.2. The molecule has 140 valence electrons. The molecule has 0 unspecified atom stereocenters. The van der Waals surface area contributed by atoms with Gasteiger partial charge in [-0.15, -0.1) is 0 Å². The lowest BCUT2D eigenvalue weighted by Gasteiger charge is -2.30. The summed E-state index contributed by atoms with van der Waals surface area (Å²) in [5, 5.41) is 2.78. The fourth-order valence-corrected chi connectivity index (χ4v) is 2.29. The van der Waals surface area contributed by atoms with Crippen molar-refractivity contribution in [3.63, 3.8) is 0 Å². The van der Waals surface area contributed by atoms with E-state index in [0.29, 0.717) is 11.0 Å². The van der Waals surface area contributed by atoms with E-state index in [1.54, 1.807) is 20.8 Å². The van der Waals surface area contributed by atoms with Gasteiger partial charge in [-0.25, -0.2) is 4.79 Å². The van der Waals surface area contributed by atoms with Crippen molar-refractivity contribution in [1.82, 2.24) is 5.32 Å². The van der Waals surface area contributed by atoms with Crippen molar-refractivity contribution in [1.29, 1.82) is 0 Å². The number of alkyl carbamates (subject to hydrolysis) is 1. The number of hydrogen-bond acceptors (Lipinski definition) is 4. The highest BCUT2D eigenvalue weighted by atomic mass is 16.6. The van der Waals surface area contributed by atoms with Crippen LogP contribution in [0.2, 0.25) is 0 Å². The molecule has 6 heteroatoms. The number of benzene rings is 1. The van der Waals surface area contributed by atoms with Gasteiger partial charge in [-0.3, -0.25) is 4.79 Å². The molecule has 0 saturated carbocycles. The maximum Gasteiger partial charge on any atom is 0.408 e. The Morgan fingerprint density at radius 2 is 1.72 bits per heavy atom. The number of rotatable bonds is 7. The molecule has 0 bridgehead atoms. The van der Waals surface area contributed by atoms with Crippen molar-refractivity contribution in [3.8, 4) is 0 Å². The zero-order chi connectivity index (χ0) is 19.1. The molecule has 0 fully saturated rings. The summed E-state index contributed by atoms with van der Waals surface area (Å²) in [5.41, 5.74) is 0.345. The number of esters is 1. The summed E-state index contributed by atoms with van der Waals surface area (Å²) >= 11 is 0. The molecule has 0 heterocycles. The lowest BCUT2D eigenvalue weighted by atomic mass is 10.2. The van der Waals surface area contributed by atoms with Crippen LogP contribution in [0.4, 0.5) is 4.79 Å². The Morgan fingerprint density at radius 1 is 1.12 bits per heavy atom. The number of nitrogens with one attached hydrogen (secondary N) is 1. The summed E-state index contributed by atoms with van der Waals surface area (Å²) in [4.78, 5) is 24.2. The van der Waals surface area contributed by atoms with Gasteiger partial charge < -0.3 is 19.3 Å². The highest BCUT2D eigenvalue weighted by Crippen LogP contribution is 2.09. The summed E-state index contributed by atoms with van der Waals surface area (Å²) in [6.07, 6.45) is -0.427. The van der Waals surface area contributed by atoms with Crippen LogP contribution < -0.4 is 5.32 Å². The van der Waals surface area contributed by atoms with E-state index in [9.17, 15) is 9.59 Å². The van der Waals surface area contributed by atoms with Crippen molar-refractivity contribution >= 4 is 12.1 Å². The molecular weight excluding hydrogens is 320 g/mol. The normalized spacial score (nSPS) is 13.0. The third kappa shape index (κ3) is 10.4. The minimum Gasteiger partial charge on any atom is -0.461 e. The molecule has 0 aliphatic rings. The second kappa shape index (κ2) is 8.85. The van der Waals surface area contributed by atoms with E-state index >= 15 is 0 Å². The van der Waals surface area contributed by atoms with Crippen LogP contribution in [0.1, 0.15) is 32.8 Å². The molecule has 0 aliphatic heterocycles. The van der Waals surface area contributed by atoms with Crippen molar-refractivity contribution < 1.29 is 23.5 Å². The van der Waals surface area contributed by atoms with Gasteiger partial charge in [0.2, 0.25) is 0 Å². The summed E-state index contributed by atoms with van der Waals surface area (Å²) < 4.78 is 11.2. The standard InChI is InChI=1S/C19H30N2O4/c1-19(2,3)25-18(23)20-16(13-21(4,5)6)12-17(22)24-14-15-10-8-7-9-11-15/h7-11,16H,12-14H2,1-6H3/p+1/t16-/m1/s1. The van der Waals surface area contributed by atoms with Gasteiger partial charge in [0.05, 0.1) is 40.2 Å². The molecule has 1 rings (SSSR count). The van der Waals surface area contributed by atoms with Gasteiger partial charge in [-0.2, -0.15) is 0 Å². The first-order valence-corrected chi connectivity index (χ1v) is 8.44. The van der Waals surface area contributed by atoms with Crippen molar-refractivity contribution in [3.05, 3.63) is 35.9 Å². The lowest BCUT2D eigenvalue weighted by molar-refractivity contribution is -0.871. The van der Waals surface area contributed by atoms with Gasteiger partial charge in [0.15, 0.2) is 0 Å². The number of ether oxygens (including phenoxy) is 2. The van der Waals surface area contributed by atoms with Gasteiger partial charge in [-0.05, 0) is 26.3 Å². The monoisotopic (exact) mass is 351 g/mol. The molecule has 0 spiro atoms. The zero-order valence-electron chi connectivity index (χ0n) is 16.2. The first-order chi connectivity index (χ1) is 11.4. The van der Waals surface area contributed by atoms with Crippen LogP contribution in [-0.4, -0.2) is 55.9 Å². The highest BCUT2D eigenvalue weighted by Gasteiger charge is 2.26. The molecule has 1 atom stereocenters. The van der Waals surface area contributed by atoms with Crippen LogP contribution in [0.15, 0.2) is 30.3 Å². The van der Waals surface area contributed by atoms with Crippen LogP contribution in [0, 0.1) is 0 Å². The third-order valence-electron chi connectivity index (χ3n) is 3.14. The Bertz CT molecular complexity index is 559. The molecule has 0 radical (unpaired) electrons. The molecule has 1 N–H and O–H groups in total. The van der Waals surface area contributed by atoms with Crippen LogP contribution >= 0.6 is 0 Å². The Kier molecular flexibility index (Phi) is 7.42. The van der Waals surface area contributed by atoms with E-state index in [1.807, 2.05) is 51.5 Å². The molecular formula is C19H31N2O4+. The van der Waals surface area contributed by atoms with E-state index in [1.165, 1.54) is 0 Å². The van der Waals surface area contributed by atoms with E-state index in [-0.39, 0.29) is 25.0 Å². The lowest BCUT2D eigenvalue weighted by Crippen LogP contribution is -2.50. The molecule has 1 aromatic carbocycles. The summed E-state index contributed by atoms with van der Waals surface area (Å²) in [6, 6.07) is 9.14. The third-order valence-corrected chi connectivity index (χ3v) is 3.14. The first-order valence-electron chi connectivity index (χ1n) is 8.44. The Balaban J connectivity index is 2.60. The van der Waals surface area contributed by atoms with Crippen LogP contribution in [0.25, 0.3) is 0 Å². The summed E-state index contributed by atoms with van der Waals surface area (Å²) in [6.45, 7) is 6.21. The number of nitrogens with zero attached hydrogens (tertiary/aromatic N) is 1. The SMILES string of the molecule is CC(C)(C)OC(=O)N[C@H](CC(=O)OCc1ccccc1)C[N+](C)(C)C. The number of amides is 1. The van der Waals surface area contributed by atoms with Gasteiger partial charge in [0.1, 0.15) is 12.2 Å². The summed E-state index contributed by atoms with van der Waals surface area (Å²) in [7, 11) is 6.00.